The normalized spacial score (nSPS) is 13.1. The molecule has 14 heavy (non-hydrogen) atoms. The van der Waals surface area contributed by atoms with Crippen LogP contribution in [0, 0.1) is 0 Å². The van der Waals surface area contributed by atoms with E-state index in [4.69, 9.17) is 5.11 Å². The smallest absolute Gasteiger partial charge is 0.320 e. The van der Waals surface area contributed by atoms with Crippen molar-refractivity contribution in [2.24, 2.45) is 0 Å². The van der Waals surface area contributed by atoms with Crippen LogP contribution in [0.2, 0.25) is 0 Å². The Balaban J connectivity index is 3.80. The first-order valence-electron chi connectivity index (χ1n) is 5.56. The van der Waals surface area contributed by atoms with Gasteiger partial charge in [0.25, 0.3) is 0 Å². The number of likely N-dealkylation sites (N-methyl/N-ethyl adjacent to an activating group) is 1. The summed E-state index contributed by atoms with van der Waals surface area (Å²) in [5.41, 5.74) is 0. The van der Waals surface area contributed by atoms with E-state index in [-0.39, 0.29) is 6.04 Å². The van der Waals surface area contributed by atoms with Crippen LogP contribution in [0.1, 0.15) is 46.0 Å². The lowest BCUT2D eigenvalue weighted by molar-refractivity contribution is -0.143. The van der Waals surface area contributed by atoms with Crippen LogP contribution in [0.3, 0.4) is 0 Å². The van der Waals surface area contributed by atoms with Crippen LogP contribution in [0.25, 0.3) is 0 Å². The van der Waals surface area contributed by atoms with Crippen molar-refractivity contribution in [3.63, 3.8) is 0 Å². The first-order valence-corrected chi connectivity index (χ1v) is 5.56. The van der Waals surface area contributed by atoms with Gasteiger partial charge >= 0.3 is 5.97 Å². The van der Waals surface area contributed by atoms with Gasteiger partial charge in [-0.15, -0.1) is 0 Å². The van der Waals surface area contributed by atoms with E-state index in [1.54, 1.807) is 0 Å². The van der Waals surface area contributed by atoms with Gasteiger partial charge in [0.1, 0.15) is 6.04 Å². The molecule has 0 bridgehead atoms. The molecule has 0 aromatic heterocycles. The van der Waals surface area contributed by atoms with Gasteiger partial charge in [0.15, 0.2) is 0 Å². The first kappa shape index (κ1) is 13.4. The van der Waals surface area contributed by atoms with Gasteiger partial charge in [0, 0.05) is 0 Å². The fourth-order valence-electron chi connectivity index (χ4n) is 1.52. The lowest BCUT2D eigenvalue weighted by Crippen LogP contribution is -2.38. The van der Waals surface area contributed by atoms with Crippen LogP contribution in [0.15, 0.2) is 0 Å². The summed E-state index contributed by atoms with van der Waals surface area (Å²) in [5, 5.41) is 8.99. The Morgan fingerprint density at radius 1 is 1.29 bits per heavy atom. The zero-order valence-electron chi connectivity index (χ0n) is 9.62. The SMILES string of the molecule is CCCCCCC(C(=O)O)N(C)CC. The van der Waals surface area contributed by atoms with Crippen molar-refractivity contribution in [3.05, 3.63) is 0 Å². The Morgan fingerprint density at radius 3 is 2.36 bits per heavy atom. The molecule has 0 aromatic rings. The minimum Gasteiger partial charge on any atom is -0.480 e. The van der Waals surface area contributed by atoms with Gasteiger partial charge in [-0.05, 0) is 20.0 Å². The lowest BCUT2D eigenvalue weighted by atomic mass is 10.1. The highest BCUT2D eigenvalue weighted by molar-refractivity contribution is 5.73. The zero-order valence-corrected chi connectivity index (χ0v) is 9.62. The molecule has 0 aliphatic carbocycles. The van der Waals surface area contributed by atoms with Crippen molar-refractivity contribution in [1.82, 2.24) is 4.90 Å². The van der Waals surface area contributed by atoms with E-state index in [1.807, 2.05) is 18.9 Å². The third-order valence-electron chi connectivity index (χ3n) is 2.65. The summed E-state index contributed by atoms with van der Waals surface area (Å²) in [6, 6.07) is -0.295. The summed E-state index contributed by atoms with van der Waals surface area (Å²) >= 11 is 0. The van der Waals surface area contributed by atoms with E-state index in [9.17, 15) is 4.79 Å². The molecule has 1 unspecified atom stereocenters. The van der Waals surface area contributed by atoms with E-state index in [1.165, 1.54) is 12.8 Å². The van der Waals surface area contributed by atoms with Crippen LogP contribution in [0.5, 0.6) is 0 Å². The van der Waals surface area contributed by atoms with E-state index < -0.39 is 5.97 Å². The summed E-state index contributed by atoms with van der Waals surface area (Å²) in [7, 11) is 1.87. The maximum atomic E-state index is 10.9. The molecule has 0 rings (SSSR count). The molecule has 0 saturated carbocycles. The number of aliphatic carboxylic acids is 1. The predicted molar refractivity (Wildman–Crippen MR) is 58.5 cm³/mol. The van der Waals surface area contributed by atoms with E-state index in [0.29, 0.717) is 0 Å². The second-order valence-corrected chi connectivity index (χ2v) is 3.78. The summed E-state index contributed by atoms with van der Waals surface area (Å²) < 4.78 is 0. The van der Waals surface area contributed by atoms with Crippen LogP contribution in [-0.2, 0) is 4.79 Å². The second-order valence-electron chi connectivity index (χ2n) is 3.78. The molecule has 1 N–H and O–H groups in total. The van der Waals surface area contributed by atoms with Crippen molar-refractivity contribution in [1.29, 1.82) is 0 Å². The number of hydrogen-bond donors (Lipinski definition) is 1. The van der Waals surface area contributed by atoms with Gasteiger partial charge in [-0.3, -0.25) is 9.69 Å². The number of carbonyl (C=O) groups is 1. The monoisotopic (exact) mass is 201 g/mol. The third-order valence-corrected chi connectivity index (χ3v) is 2.65. The van der Waals surface area contributed by atoms with Gasteiger partial charge in [0.05, 0.1) is 0 Å². The molecule has 0 fully saturated rings. The Hall–Kier alpha value is -0.570. The largest absolute Gasteiger partial charge is 0.480 e. The molecule has 0 aliphatic heterocycles. The number of carboxylic acid groups (broad SMARTS) is 1. The van der Waals surface area contributed by atoms with Crippen molar-refractivity contribution in [2.45, 2.75) is 52.0 Å². The summed E-state index contributed by atoms with van der Waals surface area (Å²) in [5.74, 6) is -0.689. The fourth-order valence-corrected chi connectivity index (χ4v) is 1.52. The molecule has 0 aliphatic rings. The number of rotatable bonds is 8. The molecule has 0 amide bonds. The van der Waals surface area contributed by atoms with Crippen molar-refractivity contribution >= 4 is 5.97 Å². The van der Waals surface area contributed by atoms with Gasteiger partial charge < -0.3 is 5.11 Å². The minimum absolute atomic E-state index is 0.295. The maximum absolute atomic E-state index is 10.9. The van der Waals surface area contributed by atoms with E-state index in [0.717, 1.165) is 25.8 Å². The van der Waals surface area contributed by atoms with Gasteiger partial charge in [-0.1, -0.05) is 39.5 Å². The highest BCUT2D eigenvalue weighted by Crippen LogP contribution is 2.09. The molecule has 3 nitrogen and oxygen atoms in total. The van der Waals surface area contributed by atoms with Gasteiger partial charge in [-0.2, -0.15) is 0 Å². The molecule has 84 valence electrons. The molecule has 1 atom stereocenters. The topological polar surface area (TPSA) is 40.5 Å². The molecular formula is C11H23NO2. The number of unbranched alkanes of at least 4 members (excludes halogenated alkanes) is 3. The maximum Gasteiger partial charge on any atom is 0.320 e. The molecule has 0 heterocycles. The number of carboxylic acids is 1. The second kappa shape index (κ2) is 7.80. The van der Waals surface area contributed by atoms with Gasteiger partial charge in [-0.25, -0.2) is 0 Å². The molecule has 3 heteroatoms. The first-order chi connectivity index (χ1) is 6.63. The van der Waals surface area contributed by atoms with Crippen molar-refractivity contribution < 1.29 is 9.90 Å². The molecule has 0 radical (unpaired) electrons. The Kier molecular flexibility index (Phi) is 7.48. The summed E-state index contributed by atoms with van der Waals surface area (Å²) in [4.78, 5) is 12.8. The Bertz CT molecular complexity index is 159. The molecule has 0 aromatic carbocycles. The quantitative estimate of drug-likeness (QED) is 0.613. The zero-order chi connectivity index (χ0) is 11.0. The van der Waals surface area contributed by atoms with Crippen LogP contribution in [0.4, 0.5) is 0 Å². The Morgan fingerprint density at radius 2 is 1.93 bits per heavy atom. The van der Waals surface area contributed by atoms with Gasteiger partial charge in [0.2, 0.25) is 0 Å². The average Bonchev–Trinajstić information content (AvgIpc) is 2.16. The molecule has 0 saturated heterocycles. The van der Waals surface area contributed by atoms with Crippen LogP contribution in [-0.4, -0.2) is 35.6 Å². The van der Waals surface area contributed by atoms with E-state index in [2.05, 4.69) is 6.92 Å². The number of hydrogen-bond acceptors (Lipinski definition) is 2. The predicted octanol–water partition coefficient (Wildman–Crippen LogP) is 2.36. The van der Waals surface area contributed by atoms with Crippen molar-refractivity contribution in [2.75, 3.05) is 13.6 Å². The van der Waals surface area contributed by atoms with E-state index >= 15 is 0 Å². The van der Waals surface area contributed by atoms with Crippen LogP contribution < -0.4 is 0 Å². The van der Waals surface area contributed by atoms with Crippen LogP contribution >= 0.6 is 0 Å². The summed E-state index contributed by atoms with van der Waals surface area (Å²) in [6.07, 6.45) is 5.36. The molecular weight excluding hydrogens is 178 g/mol. The van der Waals surface area contributed by atoms with Crippen molar-refractivity contribution in [3.8, 4) is 0 Å². The fraction of sp³-hybridized carbons (Fsp3) is 0.909. The number of nitrogens with zero attached hydrogens (tertiary/aromatic N) is 1. The summed E-state index contributed by atoms with van der Waals surface area (Å²) in [6.45, 7) is 4.94. The average molecular weight is 201 g/mol. The third kappa shape index (κ3) is 5.22. The Labute approximate surface area is 87.1 Å². The standard InChI is InChI=1S/C11H23NO2/c1-4-6-7-8-9-10(11(13)14)12(3)5-2/h10H,4-9H2,1-3H3,(H,13,14). The lowest BCUT2D eigenvalue weighted by Gasteiger charge is -2.22. The minimum atomic E-state index is -0.689. The highest BCUT2D eigenvalue weighted by atomic mass is 16.4. The molecule has 0 spiro atoms. The highest BCUT2D eigenvalue weighted by Gasteiger charge is 2.20.